The van der Waals surface area contributed by atoms with E-state index in [0.717, 1.165) is 30.8 Å². The van der Waals surface area contributed by atoms with Gasteiger partial charge in [0.15, 0.2) is 0 Å². The van der Waals surface area contributed by atoms with Gasteiger partial charge in [-0.2, -0.15) is 18.4 Å². The Morgan fingerprint density at radius 2 is 1.97 bits per heavy atom. The quantitative estimate of drug-likeness (QED) is 0.376. The van der Waals surface area contributed by atoms with Crippen molar-refractivity contribution < 1.29 is 18.0 Å². The van der Waals surface area contributed by atoms with Crippen LogP contribution in [0, 0.1) is 31.1 Å². The summed E-state index contributed by atoms with van der Waals surface area (Å²) in [6.45, 7) is 3.46. The summed E-state index contributed by atoms with van der Waals surface area (Å²) in [5.74, 6) is -2.03. The van der Waals surface area contributed by atoms with E-state index in [1.54, 1.807) is 19.9 Å². The Morgan fingerprint density at radius 3 is 2.56 bits per heavy atom. The van der Waals surface area contributed by atoms with E-state index in [2.05, 4.69) is 9.98 Å². The first-order valence-electron chi connectivity index (χ1n) is 11.1. The number of hydrogen-bond acceptors (Lipinski definition) is 3. The molecular formula is C26H25ClF3N5O. The topological polar surface area (TPSA) is 94.8 Å². The number of guanidine groups is 1. The summed E-state index contributed by atoms with van der Waals surface area (Å²) in [7, 11) is 1.52. The van der Waals surface area contributed by atoms with Crippen LogP contribution in [0.4, 0.5) is 18.9 Å². The number of carbonyl (C=O) groups is 1. The van der Waals surface area contributed by atoms with E-state index in [1.165, 1.54) is 42.3 Å². The normalized spacial score (nSPS) is 15.3. The lowest BCUT2D eigenvalue weighted by Crippen LogP contribution is -2.39. The van der Waals surface area contributed by atoms with E-state index in [0.29, 0.717) is 11.1 Å². The number of halogens is 4. The molecule has 3 rings (SSSR count). The molecule has 188 valence electrons. The number of nitrogens with two attached hydrogens (primary N) is 1. The molecule has 6 nitrogen and oxygen atoms in total. The van der Waals surface area contributed by atoms with E-state index < -0.39 is 12.1 Å². The Bertz CT molecular complexity index is 1270. The molecule has 0 saturated heterocycles. The zero-order valence-electron chi connectivity index (χ0n) is 20.0. The van der Waals surface area contributed by atoms with Crippen LogP contribution >= 0.6 is 11.6 Å². The molecule has 1 saturated carbocycles. The first-order chi connectivity index (χ1) is 16.9. The van der Waals surface area contributed by atoms with Gasteiger partial charge in [0, 0.05) is 18.0 Å². The fourth-order valence-electron chi connectivity index (χ4n) is 3.45. The Kier molecular flexibility index (Phi) is 8.21. The van der Waals surface area contributed by atoms with Gasteiger partial charge in [-0.15, -0.1) is 0 Å². The number of nitriles is 1. The van der Waals surface area contributed by atoms with E-state index in [1.807, 2.05) is 6.07 Å². The van der Waals surface area contributed by atoms with Gasteiger partial charge in [0.2, 0.25) is 11.9 Å². The maximum absolute atomic E-state index is 13.8. The molecule has 1 atom stereocenters. The molecule has 0 heterocycles. The number of aliphatic imine (C=N–C) groups is 2. The molecule has 1 amide bonds. The maximum atomic E-state index is 13.8. The molecule has 2 aromatic rings. The third-order valence-corrected chi connectivity index (χ3v) is 6.34. The lowest BCUT2D eigenvalue weighted by molar-refractivity contribution is -0.139. The number of hydrogen-bond donors (Lipinski definition) is 1. The van der Waals surface area contributed by atoms with Gasteiger partial charge in [-0.1, -0.05) is 35.9 Å². The van der Waals surface area contributed by atoms with Crippen LogP contribution in [0.5, 0.6) is 0 Å². The van der Waals surface area contributed by atoms with Crippen LogP contribution in [-0.4, -0.2) is 36.3 Å². The van der Waals surface area contributed by atoms with Crippen LogP contribution < -0.4 is 5.73 Å². The summed E-state index contributed by atoms with van der Waals surface area (Å²) in [6, 6.07) is 9.25. The zero-order chi connectivity index (χ0) is 26.6. The number of amides is 1. The molecule has 1 fully saturated rings. The fraction of sp³-hybridized carbons (Fsp3) is 0.308. The molecule has 10 heteroatoms. The van der Waals surface area contributed by atoms with Crippen molar-refractivity contribution in [2.45, 2.75) is 38.8 Å². The van der Waals surface area contributed by atoms with E-state index in [4.69, 9.17) is 17.3 Å². The minimum Gasteiger partial charge on any atom is -0.369 e. The van der Waals surface area contributed by atoms with Gasteiger partial charge < -0.3 is 5.73 Å². The monoisotopic (exact) mass is 515 g/mol. The van der Waals surface area contributed by atoms with Gasteiger partial charge in [0.25, 0.3) is 0 Å². The summed E-state index contributed by atoms with van der Waals surface area (Å²) in [6.07, 6.45) is 0.608. The van der Waals surface area contributed by atoms with Crippen molar-refractivity contribution in [3.63, 3.8) is 0 Å². The Hall–Kier alpha value is -3.64. The lowest BCUT2D eigenvalue weighted by Gasteiger charge is -2.19. The molecule has 0 radical (unpaired) electrons. The number of alkyl halides is 3. The Morgan fingerprint density at radius 1 is 1.28 bits per heavy atom. The fourth-order valence-corrected chi connectivity index (χ4v) is 3.73. The predicted octanol–water partition coefficient (Wildman–Crippen LogP) is 6.03. The van der Waals surface area contributed by atoms with Crippen molar-refractivity contribution in [1.82, 2.24) is 4.90 Å². The average molecular weight is 516 g/mol. The van der Waals surface area contributed by atoms with Crippen LogP contribution in [0.1, 0.15) is 46.6 Å². The van der Waals surface area contributed by atoms with Crippen LogP contribution in [0.25, 0.3) is 6.08 Å². The van der Waals surface area contributed by atoms with Crippen LogP contribution in [-0.2, 0) is 4.79 Å². The van der Waals surface area contributed by atoms with Gasteiger partial charge in [-0.05, 0) is 67.1 Å². The van der Waals surface area contributed by atoms with Gasteiger partial charge >= 0.3 is 6.18 Å². The second-order valence-corrected chi connectivity index (χ2v) is 9.02. The second kappa shape index (κ2) is 11.0. The third-order valence-electron chi connectivity index (χ3n) is 5.95. The standard InChI is InChI=1S/C26H25ClF3N5O/c1-15-10-19(12-22(27)16(15)2)21(26(28,29)30)8-4-17-5-9-23(20(11-17)13-31)33-14-34-25(32)35(3)24(36)18-6-7-18/h4-5,8-12,14,18,21H,6-7H2,1-3H3,(H2,32,33,34)/b8-4+. The minimum atomic E-state index is -4.53. The highest BCUT2D eigenvalue weighted by Crippen LogP contribution is 2.38. The molecule has 0 aliphatic heterocycles. The highest BCUT2D eigenvalue weighted by atomic mass is 35.5. The molecular weight excluding hydrogens is 491 g/mol. The number of nitrogens with zero attached hydrogens (tertiary/aromatic N) is 4. The van der Waals surface area contributed by atoms with Crippen molar-refractivity contribution >= 4 is 41.6 Å². The Balaban J connectivity index is 1.81. The summed E-state index contributed by atoms with van der Waals surface area (Å²) < 4.78 is 41.5. The largest absolute Gasteiger partial charge is 0.399 e. The predicted molar refractivity (Wildman–Crippen MR) is 135 cm³/mol. The van der Waals surface area contributed by atoms with Crippen LogP contribution in [0.15, 0.2) is 46.4 Å². The molecule has 2 N–H and O–H groups in total. The number of rotatable bonds is 6. The highest BCUT2D eigenvalue weighted by molar-refractivity contribution is 6.31. The van der Waals surface area contributed by atoms with Gasteiger partial charge in [-0.3, -0.25) is 9.69 Å². The van der Waals surface area contributed by atoms with Crippen molar-refractivity contribution in [3.05, 3.63) is 69.2 Å². The van der Waals surface area contributed by atoms with Crippen molar-refractivity contribution in [1.29, 1.82) is 5.26 Å². The summed E-state index contributed by atoms with van der Waals surface area (Å²) in [4.78, 5) is 21.3. The summed E-state index contributed by atoms with van der Waals surface area (Å²) in [5.41, 5.74) is 8.04. The SMILES string of the molecule is Cc1cc(C(/C=C/c2ccc(N=CN=C(N)N(C)C(=O)C3CC3)c(C#N)c2)C(F)(F)F)cc(Cl)c1C. The molecule has 0 aromatic heterocycles. The maximum Gasteiger partial charge on any atom is 0.399 e. The number of benzene rings is 2. The molecule has 1 unspecified atom stereocenters. The van der Waals surface area contributed by atoms with Crippen molar-refractivity contribution in [2.75, 3.05) is 7.05 Å². The lowest BCUT2D eigenvalue weighted by atomic mass is 9.94. The molecule has 36 heavy (non-hydrogen) atoms. The molecule has 0 spiro atoms. The number of allylic oxidation sites excluding steroid dienone is 1. The van der Waals surface area contributed by atoms with Crippen LogP contribution in [0.2, 0.25) is 5.02 Å². The van der Waals surface area contributed by atoms with Crippen LogP contribution in [0.3, 0.4) is 0 Å². The number of carbonyl (C=O) groups excluding carboxylic acids is 1. The van der Waals surface area contributed by atoms with Crippen molar-refractivity contribution in [3.8, 4) is 6.07 Å². The third kappa shape index (κ3) is 6.52. The molecule has 2 aromatic carbocycles. The first-order valence-corrected chi connectivity index (χ1v) is 11.5. The van der Waals surface area contributed by atoms with Gasteiger partial charge in [0.05, 0.1) is 17.2 Å². The smallest absolute Gasteiger partial charge is 0.369 e. The highest BCUT2D eigenvalue weighted by Gasteiger charge is 2.39. The molecule has 0 bridgehead atoms. The second-order valence-electron chi connectivity index (χ2n) is 8.61. The van der Waals surface area contributed by atoms with E-state index in [-0.39, 0.29) is 39.6 Å². The van der Waals surface area contributed by atoms with E-state index in [9.17, 15) is 23.2 Å². The van der Waals surface area contributed by atoms with E-state index >= 15 is 0 Å². The summed E-state index contributed by atoms with van der Waals surface area (Å²) >= 11 is 6.12. The number of aryl methyl sites for hydroxylation is 1. The zero-order valence-corrected chi connectivity index (χ0v) is 20.7. The first kappa shape index (κ1) is 27.0. The average Bonchev–Trinajstić information content (AvgIpc) is 3.66. The molecule has 1 aliphatic carbocycles. The van der Waals surface area contributed by atoms with Gasteiger partial charge in [-0.25, -0.2) is 9.98 Å². The molecule has 1 aliphatic rings. The Labute approximate surface area is 212 Å². The van der Waals surface area contributed by atoms with Gasteiger partial charge in [0.1, 0.15) is 12.4 Å². The minimum absolute atomic E-state index is 0.0181. The summed E-state index contributed by atoms with van der Waals surface area (Å²) in [5, 5.41) is 9.77. The van der Waals surface area contributed by atoms with Crippen molar-refractivity contribution in [2.24, 2.45) is 21.6 Å².